The third kappa shape index (κ3) is 3.58. The molecule has 1 aromatic carbocycles. The quantitative estimate of drug-likeness (QED) is 0.715. The minimum Gasteiger partial charge on any atom is -0.388 e. The summed E-state index contributed by atoms with van der Waals surface area (Å²) in [6.07, 6.45) is 0. The van der Waals surface area contributed by atoms with Crippen molar-refractivity contribution in [1.82, 2.24) is 0 Å². The molecule has 0 spiro atoms. The lowest BCUT2D eigenvalue weighted by Gasteiger charge is -2.05. The van der Waals surface area contributed by atoms with Gasteiger partial charge in [0.15, 0.2) is 0 Å². The Morgan fingerprint density at radius 3 is 2.15 bits per heavy atom. The molecule has 1 atom stereocenters. The molecule has 0 bridgehead atoms. The van der Waals surface area contributed by atoms with Crippen LogP contribution in [0.25, 0.3) is 0 Å². The van der Waals surface area contributed by atoms with E-state index in [1.54, 1.807) is 31.3 Å². The van der Waals surface area contributed by atoms with Gasteiger partial charge in [-0.25, -0.2) is 4.21 Å². The highest BCUT2D eigenvalue weighted by atomic mass is 32.8. The summed E-state index contributed by atoms with van der Waals surface area (Å²) in [6, 6.07) is 6.91. The lowest BCUT2D eigenvalue weighted by Crippen LogP contribution is -2.08. The van der Waals surface area contributed by atoms with Crippen LogP contribution in [0.2, 0.25) is 0 Å². The molecule has 0 heterocycles. The Labute approximate surface area is 82.0 Å². The SMILES string of the molecule is CNc1ccc(NS(=O)(O)=S)cc1. The highest BCUT2D eigenvalue weighted by Gasteiger charge is 1.98. The van der Waals surface area contributed by atoms with E-state index in [2.05, 4.69) is 21.2 Å². The predicted octanol–water partition coefficient (Wildman–Crippen LogP) is 1.27. The van der Waals surface area contributed by atoms with Crippen molar-refractivity contribution in [3.63, 3.8) is 0 Å². The van der Waals surface area contributed by atoms with Crippen LogP contribution in [0, 0.1) is 0 Å². The van der Waals surface area contributed by atoms with E-state index in [0.29, 0.717) is 5.69 Å². The highest BCUT2D eigenvalue weighted by Crippen LogP contribution is 2.13. The van der Waals surface area contributed by atoms with Gasteiger partial charge in [0.25, 0.3) is 0 Å². The minimum absolute atomic E-state index is 0.529. The van der Waals surface area contributed by atoms with Gasteiger partial charge in [-0.2, -0.15) is 0 Å². The van der Waals surface area contributed by atoms with Crippen molar-refractivity contribution in [1.29, 1.82) is 0 Å². The van der Waals surface area contributed by atoms with Crippen LogP contribution in [0.15, 0.2) is 24.3 Å². The van der Waals surface area contributed by atoms with Gasteiger partial charge in [0, 0.05) is 29.6 Å². The Bertz CT molecular complexity index is 372. The fourth-order valence-electron chi connectivity index (χ4n) is 0.854. The molecule has 4 nitrogen and oxygen atoms in total. The smallest absolute Gasteiger partial charge is 0.229 e. The topological polar surface area (TPSA) is 61.4 Å². The first-order chi connectivity index (χ1) is 6.01. The molecule has 0 saturated carbocycles. The van der Waals surface area contributed by atoms with Gasteiger partial charge in [-0.05, 0) is 24.3 Å². The van der Waals surface area contributed by atoms with Crippen molar-refractivity contribution in [3.05, 3.63) is 24.3 Å². The van der Waals surface area contributed by atoms with E-state index in [9.17, 15) is 4.21 Å². The minimum atomic E-state index is -3.33. The van der Waals surface area contributed by atoms with E-state index in [0.717, 1.165) is 5.69 Å². The monoisotopic (exact) mass is 218 g/mol. The molecule has 3 N–H and O–H groups in total. The van der Waals surface area contributed by atoms with Crippen molar-refractivity contribution in [2.75, 3.05) is 17.1 Å². The molecular weight excluding hydrogens is 208 g/mol. The standard InChI is InChI=1S/C7H10N2O2S2/c1-8-6-2-4-7(5-3-6)9-13(10,11)12/h2-5,8-9H,1H3,(H,10,11,12). The van der Waals surface area contributed by atoms with Crippen LogP contribution in [0.1, 0.15) is 0 Å². The number of rotatable bonds is 3. The molecule has 1 rings (SSSR count). The molecule has 13 heavy (non-hydrogen) atoms. The first-order valence-electron chi connectivity index (χ1n) is 3.54. The Balaban J connectivity index is 2.81. The maximum atomic E-state index is 10.8. The zero-order valence-electron chi connectivity index (χ0n) is 6.98. The summed E-state index contributed by atoms with van der Waals surface area (Å²) >= 11 is 4.28. The van der Waals surface area contributed by atoms with Crippen LogP contribution in [0.3, 0.4) is 0 Å². The van der Waals surface area contributed by atoms with Crippen molar-refractivity contribution in [3.8, 4) is 0 Å². The molecule has 0 aromatic heterocycles. The van der Waals surface area contributed by atoms with Crippen LogP contribution in [-0.4, -0.2) is 15.8 Å². The van der Waals surface area contributed by atoms with E-state index in [1.807, 2.05) is 0 Å². The maximum Gasteiger partial charge on any atom is 0.229 e. The Hall–Kier alpha value is -0.850. The van der Waals surface area contributed by atoms with Crippen molar-refractivity contribution in [2.24, 2.45) is 0 Å². The lowest BCUT2D eigenvalue weighted by molar-refractivity contribution is 0.567. The van der Waals surface area contributed by atoms with Gasteiger partial charge in [-0.1, -0.05) is 0 Å². The number of hydrogen-bond donors (Lipinski definition) is 3. The summed E-state index contributed by atoms with van der Waals surface area (Å²) < 4.78 is 21.9. The summed E-state index contributed by atoms with van der Waals surface area (Å²) in [5, 5.41) is 2.93. The third-order valence-corrected chi connectivity index (χ3v) is 2.16. The van der Waals surface area contributed by atoms with Crippen molar-refractivity contribution >= 4 is 31.5 Å². The molecule has 0 saturated heterocycles. The Morgan fingerprint density at radius 2 is 1.77 bits per heavy atom. The van der Waals surface area contributed by atoms with Crippen LogP contribution >= 0.6 is 0 Å². The molecule has 0 aliphatic heterocycles. The number of hydrogen-bond acceptors (Lipinski definition) is 3. The molecule has 0 aliphatic rings. The van der Waals surface area contributed by atoms with Gasteiger partial charge in [0.1, 0.15) is 0 Å². The van der Waals surface area contributed by atoms with E-state index >= 15 is 0 Å². The highest BCUT2D eigenvalue weighted by molar-refractivity contribution is 8.30. The van der Waals surface area contributed by atoms with Crippen LogP contribution in [-0.2, 0) is 20.1 Å². The van der Waals surface area contributed by atoms with Gasteiger partial charge in [0.05, 0.1) is 0 Å². The van der Waals surface area contributed by atoms with E-state index < -0.39 is 8.96 Å². The normalized spacial score (nSPS) is 14.6. The summed E-state index contributed by atoms with van der Waals surface area (Å²) in [7, 11) is -1.54. The van der Waals surface area contributed by atoms with Crippen LogP contribution in [0.5, 0.6) is 0 Å². The fourth-order valence-corrected chi connectivity index (χ4v) is 1.58. The average molecular weight is 218 g/mol. The second-order valence-electron chi connectivity index (χ2n) is 2.40. The largest absolute Gasteiger partial charge is 0.388 e. The van der Waals surface area contributed by atoms with E-state index in [1.165, 1.54) is 0 Å². The summed E-state index contributed by atoms with van der Waals surface area (Å²) in [5.74, 6) is 0. The van der Waals surface area contributed by atoms with Crippen LogP contribution in [0.4, 0.5) is 11.4 Å². The van der Waals surface area contributed by atoms with Gasteiger partial charge in [-0.3, -0.25) is 9.27 Å². The van der Waals surface area contributed by atoms with Gasteiger partial charge < -0.3 is 5.32 Å². The van der Waals surface area contributed by atoms with Crippen molar-refractivity contribution in [2.45, 2.75) is 0 Å². The fraction of sp³-hybridized carbons (Fsp3) is 0.143. The van der Waals surface area contributed by atoms with Crippen LogP contribution < -0.4 is 10.0 Å². The third-order valence-electron chi connectivity index (χ3n) is 1.42. The Morgan fingerprint density at radius 1 is 1.31 bits per heavy atom. The van der Waals surface area contributed by atoms with Crippen molar-refractivity contribution < 1.29 is 8.76 Å². The predicted molar refractivity (Wildman–Crippen MR) is 57.7 cm³/mol. The summed E-state index contributed by atoms with van der Waals surface area (Å²) in [6.45, 7) is 0. The molecule has 1 aromatic rings. The second-order valence-corrected chi connectivity index (χ2v) is 4.91. The second kappa shape index (κ2) is 3.91. The maximum absolute atomic E-state index is 10.8. The molecule has 0 radical (unpaired) electrons. The molecular formula is C7H10N2O2S2. The number of nitrogens with one attached hydrogen (secondary N) is 2. The average Bonchev–Trinajstić information content (AvgIpc) is 2.03. The zero-order valence-corrected chi connectivity index (χ0v) is 8.61. The molecule has 0 amide bonds. The Kier molecular flexibility index (Phi) is 3.07. The van der Waals surface area contributed by atoms with E-state index in [4.69, 9.17) is 4.55 Å². The molecule has 72 valence electrons. The molecule has 0 fully saturated rings. The zero-order chi connectivity index (χ0) is 9.90. The summed E-state index contributed by atoms with van der Waals surface area (Å²) in [5.41, 5.74) is 1.46. The first kappa shape index (κ1) is 10.2. The first-order valence-corrected chi connectivity index (χ1v) is 5.98. The summed E-state index contributed by atoms with van der Waals surface area (Å²) in [4.78, 5) is 0. The van der Waals surface area contributed by atoms with Gasteiger partial charge in [-0.15, -0.1) is 0 Å². The molecule has 1 unspecified atom stereocenters. The number of benzene rings is 1. The number of anilines is 2. The molecule has 0 aliphatic carbocycles. The van der Waals surface area contributed by atoms with E-state index in [-0.39, 0.29) is 0 Å². The molecule has 6 heteroatoms. The van der Waals surface area contributed by atoms with Gasteiger partial charge in [0.2, 0.25) is 8.96 Å². The van der Waals surface area contributed by atoms with Gasteiger partial charge >= 0.3 is 0 Å². The lowest BCUT2D eigenvalue weighted by atomic mass is 10.3.